The molecule has 2 nitrogen and oxygen atoms in total. The fourth-order valence-electron chi connectivity index (χ4n) is 2.59. The molecule has 1 saturated carbocycles. The van der Waals surface area contributed by atoms with Gasteiger partial charge < -0.3 is 10.4 Å². The maximum atomic E-state index is 10.3. The average molecular weight is 255 g/mol. The zero-order chi connectivity index (χ0) is 13.2. The lowest BCUT2D eigenvalue weighted by molar-refractivity contribution is 0.169. The van der Waals surface area contributed by atoms with Crippen molar-refractivity contribution in [3.05, 3.63) is 48.0 Å². The molecular formula is C17H21NO. The first-order chi connectivity index (χ1) is 9.24. The summed E-state index contributed by atoms with van der Waals surface area (Å²) in [5.41, 5.74) is 0.995. The van der Waals surface area contributed by atoms with Gasteiger partial charge in [-0.05, 0) is 48.1 Å². The van der Waals surface area contributed by atoms with Gasteiger partial charge >= 0.3 is 0 Å². The van der Waals surface area contributed by atoms with Gasteiger partial charge in [-0.25, -0.2) is 0 Å². The minimum Gasteiger partial charge on any atom is -0.387 e. The smallest absolute Gasteiger partial charge is 0.0914 e. The summed E-state index contributed by atoms with van der Waals surface area (Å²) in [5, 5.41) is 16.1. The summed E-state index contributed by atoms with van der Waals surface area (Å²) < 4.78 is 0. The Morgan fingerprint density at radius 1 is 1.16 bits per heavy atom. The van der Waals surface area contributed by atoms with Crippen molar-refractivity contribution in [2.24, 2.45) is 5.92 Å². The summed E-state index contributed by atoms with van der Waals surface area (Å²) >= 11 is 0. The third kappa shape index (κ3) is 2.96. The fraction of sp³-hybridized carbons (Fsp3) is 0.412. The van der Waals surface area contributed by atoms with Crippen LogP contribution in [-0.4, -0.2) is 17.7 Å². The molecule has 0 saturated heterocycles. The zero-order valence-electron chi connectivity index (χ0n) is 11.3. The van der Waals surface area contributed by atoms with Crippen LogP contribution in [-0.2, 0) is 0 Å². The molecule has 2 atom stereocenters. The quantitative estimate of drug-likeness (QED) is 0.859. The standard InChI is InChI=1S/C17H21NO/c1-12(13-6-7-13)18-11-17(19)16-9-8-14-4-2-3-5-15(14)10-16/h2-5,8-10,12-13,17-19H,6-7,11H2,1H3. The van der Waals surface area contributed by atoms with E-state index in [0.717, 1.165) is 11.5 Å². The SMILES string of the molecule is CC(NCC(O)c1ccc2ccccc2c1)C1CC1. The molecule has 2 heteroatoms. The first-order valence-corrected chi connectivity index (χ1v) is 7.14. The molecule has 2 N–H and O–H groups in total. The topological polar surface area (TPSA) is 32.3 Å². The minimum absolute atomic E-state index is 0.425. The summed E-state index contributed by atoms with van der Waals surface area (Å²) in [5.74, 6) is 0.823. The molecule has 2 unspecified atom stereocenters. The molecule has 3 rings (SSSR count). The van der Waals surface area contributed by atoms with E-state index in [1.165, 1.54) is 23.6 Å². The Labute approximate surface area is 114 Å². The van der Waals surface area contributed by atoms with Gasteiger partial charge in [-0.2, -0.15) is 0 Å². The van der Waals surface area contributed by atoms with E-state index in [0.29, 0.717) is 12.6 Å². The summed E-state index contributed by atoms with van der Waals surface area (Å²) in [6, 6.07) is 15.0. The Morgan fingerprint density at radius 3 is 2.63 bits per heavy atom. The maximum absolute atomic E-state index is 10.3. The van der Waals surface area contributed by atoms with Crippen molar-refractivity contribution >= 4 is 10.8 Å². The third-order valence-corrected chi connectivity index (χ3v) is 4.12. The van der Waals surface area contributed by atoms with Crippen LogP contribution in [0.5, 0.6) is 0 Å². The second-order valence-corrected chi connectivity index (χ2v) is 5.66. The molecule has 0 aromatic heterocycles. The van der Waals surface area contributed by atoms with Gasteiger partial charge in [0.1, 0.15) is 0 Å². The molecule has 0 spiro atoms. The number of fused-ring (bicyclic) bond motifs is 1. The first-order valence-electron chi connectivity index (χ1n) is 7.14. The van der Waals surface area contributed by atoms with Gasteiger partial charge in [0.2, 0.25) is 0 Å². The van der Waals surface area contributed by atoms with Gasteiger partial charge in [0.15, 0.2) is 0 Å². The van der Waals surface area contributed by atoms with E-state index in [1.54, 1.807) is 0 Å². The number of nitrogens with one attached hydrogen (secondary N) is 1. The molecule has 0 radical (unpaired) electrons. The van der Waals surface area contributed by atoms with Crippen LogP contribution in [0, 0.1) is 5.92 Å². The molecule has 2 aromatic rings. The van der Waals surface area contributed by atoms with Gasteiger partial charge in [0.05, 0.1) is 6.10 Å². The molecule has 1 aliphatic carbocycles. The van der Waals surface area contributed by atoms with Crippen LogP contribution in [0.15, 0.2) is 42.5 Å². The molecule has 2 aromatic carbocycles. The number of aliphatic hydroxyl groups is 1. The van der Waals surface area contributed by atoms with Gasteiger partial charge in [-0.15, -0.1) is 0 Å². The molecule has 100 valence electrons. The van der Waals surface area contributed by atoms with Crippen LogP contribution >= 0.6 is 0 Å². The molecule has 1 fully saturated rings. The largest absolute Gasteiger partial charge is 0.387 e. The predicted molar refractivity (Wildman–Crippen MR) is 79.1 cm³/mol. The minimum atomic E-state index is -0.425. The summed E-state index contributed by atoms with van der Waals surface area (Å²) in [6.45, 7) is 2.85. The third-order valence-electron chi connectivity index (χ3n) is 4.12. The molecule has 0 amide bonds. The van der Waals surface area contributed by atoms with Crippen molar-refractivity contribution in [2.75, 3.05) is 6.54 Å². The highest BCUT2D eigenvalue weighted by molar-refractivity contribution is 5.83. The fourth-order valence-corrected chi connectivity index (χ4v) is 2.59. The van der Waals surface area contributed by atoms with Crippen molar-refractivity contribution in [1.29, 1.82) is 0 Å². The number of rotatable bonds is 5. The molecular weight excluding hydrogens is 234 g/mol. The number of aliphatic hydroxyl groups excluding tert-OH is 1. The Kier molecular flexibility index (Phi) is 3.54. The van der Waals surface area contributed by atoms with E-state index < -0.39 is 6.10 Å². The van der Waals surface area contributed by atoms with E-state index >= 15 is 0 Å². The molecule has 1 aliphatic rings. The van der Waals surface area contributed by atoms with E-state index in [-0.39, 0.29) is 0 Å². The van der Waals surface area contributed by atoms with Gasteiger partial charge in [0, 0.05) is 12.6 Å². The summed E-state index contributed by atoms with van der Waals surface area (Å²) in [7, 11) is 0. The van der Waals surface area contributed by atoms with Gasteiger partial charge in [-0.1, -0.05) is 36.4 Å². The predicted octanol–water partition coefficient (Wildman–Crippen LogP) is 3.26. The lowest BCUT2D eigenvalue weighted by Gasteiger charge is -2.17. The van der Waals surface area contributed by atoms with Crippen LogP contribution in [0.25, 0.3) is 10.8 Å². The van der Waals surface area contributed by atoms with E-state index in [4.69, 9.17) is 0 Å². The monoisotopic (exact) mass is 255 g/mol. The van der Waals surface area contributed by atoms with Crippen molar-refractivity contribution in [3.8, 4) is 0 Å². The first kappa shape index (κ1) is 12.6. The maximum Gasteiger partial charge on any atom is 0.0914 e. The summed E-state index contributed by atoms with van der Waals surface area (Å²) in [6.07, 6.45) is 2.24. The van der Waals surface area contributed by atoms with Crippen LogP contribution in [0.4, 0.5) is 0 Å². The van der Waals surface area contributed by atoms with E-state index in [1.807, 2.05) is 18.2 Å². The van der Waals surface area contributed by atoms with Crippen LogP contribution in [0.1, 0.15) is 31.4 Å². The molecule has 0 bridgehead atoms. The zero-order valence-corrected chi connectivity index (χ0v) is 11.3. The summed E-state index contributed by atoms with van der Waals surface area (Å²) in [4.78, 5) is 0. The Morgan fingerprint density at radius 2 is 1.89 bits per heavy atom. The van der Waals surface area contributed by atoms with Crippen LogP contribution in [0.3, 0.4) is 0 Å². The highest BCUT2D eigenvalue weighted by atomic mass is 16.3. The highest BCUT2D eigenvalue weighted by Crippen LogP contribution is 2.32. The van der Waals surface area contributed by atoms with Crippen LogP contribution < -0.4 is 5.32 Å². The van der Waals surface area contributed by atoms with Crippen molar-refractivity contribution in [2.45, 2.75) is 31.9 Å². The van der Waals surface area contributed by atoms with E-state index in [9.17, 15) is 5.11 Å². The lowest BCUT2D eigenvalue weighted by Crippen LogP contribution is -2.31. The van der Waals surface area contributed by atoms with Gasteiger partial charge in [-0.3, -0.25) is 0 Å². The van der Waals surface area contributed by atoms with Crippen molar-refractivity contribution < 1.29 is 5.11 Å². The van der Waals surface area contributed by atoms with Gasteiger partial charge in [0.25, 0.3) is 0 Å². The number of benzene rings is 2. The Balaban J connectivity index is 1.68. The van der Waals surface area contributed by atoms with Crippen molar-refractivity contribution in [3.63, 3.8) is 0 Å². The molecule has 0 aliphatic heterocycles. The molecule has 19 heavy (non-hydrogen) atoms. The van der Waals surface area contributed by atoms with Crippen molar-refractivity contribution in [1.82, 2.24) is 5.32 Å². The van der Waals surface area contributed by atoms with Crippen LogP contribution in [0.2, 0.25) is 0 Å². The van der Waals surface area contributed by atoms with E-state index in [2.05, 4.69) is 36.5 Å². The lowest BCUT2D eigenvalue weighted by atomic mass is 10.0. The number of hydrogen-bond acceptors (Lipinski definition) is 2. The normalized spacial score (nSPS) is 18.4. The molecule has 0 heterocycles. The Hall–Kier alpha value is -1.38. The second-order valence-electron chi connectivity index (χ2n) is 5.66. The second kappa shape index (κ2) is 5.32. The highest BCUT2D eigenvalue weighted by Gasteiger charge is 2.27. The Bertz CT molecular complexity index is 562. The average Bonchev–Trinajstić information content (AvgIpc) is 3.28. The number of hydrogen-bond donors (Lipinski definition) is 2.